The van der Waals surface area contributed by atoms with Crippen LogP contribution in [0.2, 0.25) is 0 Å². The second-order valence-electron chi connectivity index (χ2n) is 10.4. The Morgan fingerprint density at radius 1 is 1.27 bits per heavy atom. The van der Waals surface area contributed by atoms with Crippen molar-refractivity contribution in [3.05, 3.63) is 52.9 Å². The van der Waals surface area contributed by atoms with Crippen molar-refractivity contribution in [2.75, 3.05) is 26.6 Å². The van der Waals surface area contributed by atoms with Gasteiger partial charge in [0.05, 0.1) is 31.2 Å². The van der Waals surface area contributed by atoms with Crippen LogP contribution in [-0.2, 0) is 37.3 Å². The van der Waals surface area contributed by atoms with E-state index in [9.17, 15) is 22.0 Å². The fraction of sp³-hybridized carbons (Fsp3) is 0.583. The van der Waals surface area contributed by atoms with E-state index in [1.807, 2.05) is 0 Å². The topological polar surface area (TPSA) is 112 Å². The number of halogens is 2. The third-order valence-electron chi connectivity index (χ3n) is 6.43. The Bertz CT molecular complexity index is 1240. The van der Waals surface area contributed by atoms with E-state index in [1.165, 1.54) is 13.3 Å². The molecule has 0 spiro atoms. The monoisotopic (exact) mass is 542 g/mol. The molecule has 2 aromatic rings. The predicted octanol–water partition coefficient (Wildman–Crippen LogP) is 2.58. The van der Waals surface area contributed by atoms with Gasteiger partial charge in [-0.05, 0) is 39.0 Å². The fourth-order valence-electron chi connectivity index (χ4n) is 4.88. The second kappa shape index (κ2) is 10.3. The predicted molar refractivity (Wildman–Crippen MR) is 129 cm³/mol. The first kappa shape index (κ1) is 27.4. The average molecular weight is 543 g/mol. The molecule has 204 valence electrons. The summed E-state index contributed by atoms with van der Waals surface area (Å²) in [6.07, 6.45) is 0.841. The molecule has 3 heterocycles. The lowest BCUT2D eigenvalue weighted by Crippen LogP contribution is -2.59. The van der Waals surface area contributed by atoms with Gasteiger partial charge in [-0.3, -0.25) is 4.90 Å². The van der Waals surface area contributed by atoms with Crippen molar-refractivity contribution in [2.45, 2.75) is 57.6 Å². The summed E-state index contributed by atoms with van der Waals surface area (Å²) in [6.45, 7) is 6.24. The maximum absolute atomic E-state index is 14.8. The van der Waals surface area contributed by atoms with Gasteiger partial charge in [-0.1, -0.05) is 0 Å². The van der Waals surface area contributed by atoms with Crippen LogP contribution in [0.1, 0.15) is 43.7 Å². The van der Waals surface area contributed by atoms with E-state index >= 15 is 0 Å². The van der Waals surface area contributed by atoms with Gasteiger partial charge in [-0.25, -0.2) is 22.0 Å². The van der Waals surface area contributed by atoms with Crippen LogP contribution in [0.15, 0.2) is 24.4 Å². The number of aromatic nitrogens is 2. The molecule has 1 fully saturated rings. The van der Waals surface area contributed by atoms with Crippen LogP contribution < -0.4 is 5.32 Å². The number of hydrogen-bond acceptors (Lipinski definition) is 8. The summed E-state index contributed by atoms with van der Waals surface area (Å²) in [5, 5.41) is 7.03. The second-order valence-corrected chi connectivity index (χ2v) is 12.3. The highest BCUT2D eigenvalue weighted by Gasteiger charge is 2.47. The van der Waals surface area contributed by atoms with Crippen molar-refractivity contribution in [3.8, 4) is 0 Å². The molecule has 0 aliphatic carbocycles. The molecule has 4 rings (SSSR count). The molecule has 37 heavy (non-hydrogen) atoms. The highest BCUT2D eigenvalue weighted by molar-refractivity contribution is 7.89. The van der Waals surface area contributed by atoms with Crippen molar-refractivity contribution in [1.29, 1.82) is 0 Å². The van der Waals surface area contributed by atoms with Gasteiger partial charge in [0.25, 0.3) is 10.0 Å². The number of fused-ring (bicyclic) bond motifs is 1. The number of nitrogens with one attached hydrogen (secondary N) is 1. The van der Waals surface area contributed by atoms with Crippen molar-refractivity contribution in [1.82, 2.24) is 19.4 Å². The molecule has 1 aromatic heterocycles. The highest BCUT2D eigenvalue weighted by Crippen LogP contribution is 2.38. The molecule has 0 bridgehead atoms. The summed E-state index contributed by atoms with van der Waals surface area (Å²) < 4.78 is 70.7. The molecule has 1 saturated heterocycles. The zero-order valence-corrected chi connectivity index (χ0v) is 22.2. The molecule has 13 heteroatoms. The summed E-state index contributed by atoms with van der Waals surface area (Å²) >= 11 is 0. The van der Waals surface area contributed by atoms with Crippen LogP contribution in [0, 0.1) is 17.6 Å². The van der Waals surface area contributed by atoms with Gasteiger partial charge < -0.3 is 19.5 Å². The first-order chi connectivity index (χ1) is 17.3. The van der Waals surface area contributed by atoms with Crippen LogP contribution in [0.5, 0.6) is 0 Å². The molecule has 2 aliphatic heterocycles. The highest BCUT2D eigenvalue weighted by atomic mass is 32.2. The largest absolute Gasteiger partial charge is 0.444 e. The number of ether oxygens (including phenoxy) is 3. The van der Waals surface area contributed by atoms with Crippen molar-refractivity contribution in [3.63, 3.8) is 0 Å². The Morgan fingerprint density at radius 3 is 2.62 bits per heavy atom. The number of rotatable bonds is 6. The zero-order chi connectivity index (χ0) is 27.1. The van der Waals surface area contributed by atoms with Gasteiger partial charge in [0, 0.05) is 49.5 Å². The number of alkyl carbamates (subject to hydrolysis) is 1. The molecule has 0 saturated carbocycles. The summed E-state index contributed by atoms with van der Waals surface area (Å²) in [4.78, 5) is 14.9. The number of nitrogens with zero attached hydrogens (tertiary/aromatic N) is 3. The Balaban J connectivity index is 1.65. The maximum Gasteiger partial charge on any atom is 0.407 e. The molecular weight excluding hydrogens is 510 g/mol. The molecular formula is C24H32F2N4O6S. The third-order valence-corrected chi connectivity index (χ3v) is 7.29. The quantitative estimate of drug-likeness (QED) is 0.593. The van der Waals surface area contributed by atoms with E-state index in [2.05, 4.69) is 15.3 Å². The fourth-order valence-corrected chi connectivity index (χ4v) is 5.44. The molecule has 0 radical (unpaired) electrons. The third kappa shape index (κ3) is 6.11. The van der Waals surface area contributed by atoms with Crippen LogP contribution in [-0.4, -0.2) is 72.9 Å². The minimum atomic E-state index is -3.51. The SMILES string of the molecule is COCC1[C@H](NC(=O)OC(C)(C)C)[C@@H](c2cc(F)ccc2F)OC[C@@H]1N1Cc2cn(S(C)(=O)=O)nc2C1. The first-order valence-electron chi connectivity index (χ1n) is 11.8. The molecule has 1 aromatic carbocycles. The Hall–Kier alpha value is -2.61. The molecule has 1 amide bonds. The van der Waals surface area contributed by atoms with Crippen LogP contribution in [0.25, 0.3) is 0 Å². The molecule has 1 unspecified atom stereocenters. The molecule has 4 atom stereocenters. The number of methoxy groups -OCH3 is 1. The van der Waals surface area contributed by atoms with E-state index in [-0.39, 0.29) is 24.8 Å². The standard InChI is InChI=1S/C24H32F2N4O6S/c1-24(2,3)36-23(31)27-21-17(12-34-4)20(13-35-22(21)16-8-15(25)6-7-18(16)26)29-9-14-10-30(37(5,32)33)28-19(14)11-29/h6-8,10,17,20-22H,9,11-13H2,1-5H3,(H,27,31)/t17?,20-,21-,22+/m0/s1. The lowest BCUT2D eigenvalue weighted by molar-refractivity contribution is -0.108. The maximum atomic E-state index is 14.8. The van der Waals surface area contributed by atoms with Gasteiger partial charge >= 0.3 is 6.09 Å². The Morgan fingerprint density at radius 2 is 2.00 bits per heavy atom. The van der Waals surface area contributed by atoms with E-state index in [1.54, 1.807) is 20.8 Å². The minimum Gasteiger partial charge on any atom is -0.444 e. The Kier molecular flexibility index (Phi) is 7.62. The molecule has 10 nitrogen and oxygen atoms in total. The van der Waals surface area contributed by atoms with Crippen LogP contribution >= 0.6 is 0 Å². The zero-order valence-electron chi connectivity index (χ0n) is 21.4. The van der Waals surface area contributed by atoms with Crippen molar-refractivity contribution < 1.29 is 36.2 Å². The summed E-state index contributed by atoms with van der Waals surface area (Å²) in [5.41, 5.74) is 0.584. The minimum absolute atomic E-state index is 0.0187. The van der Waals surface area contributed by atoms with E-state index in [0.717, 1.165) is 34.1 Å². The normalized spacial score (nSPS) is 24.6. The lowest BCUT2D eigenvalue weighted by Gasteiger charge is -2.46. The van der Waals surface area contributed by atoms with Gasteiger partial charge in [0.1, 0.15) is 23.3 Å². The van der Waals surface area contributed by atoms with E-state index < -0.39 is 51.4 Å². The van der Waals surface area contributed by atoms with Crippen molar-refractivity contribution >= 4 is 16.1 Å². The summed E-state index contributed by atoms with van der Waals surface area (Å²) in [6, 6.07) is 1.97. The Labute approximate surface area is 214 Å². The van der Waals surface area contributed by atoms with Crippen LogP contribution in [0.3, 0.4) is 0 Å². The van der Waals surface area contributed by atoms with Gasteiger partial charge in [-0.15, -0.1) is 0 Å². The number of amides is 1. The van der Waals surface area contributed by atoms with E-state index in [4.69, 9.17) is 14.2 Å². The van der Waals surface area contributed by atoms with Crippen LogP contribution in [0.4, 0.5) is 13.6 Å². The summed E-state index contributed by atoms with van der Waals surface area (Å²) in [7, 11) is -1.99. The smallest absolute Gasteiger partial charge is 0.407 e. The molecule has 2 aliphatic rings. The number of carbonyl (C=O) groups excluding carboxylic acids is 1. The lowest BCUT2D eigenvalue weighted by atomic mass is 9.83. The summed E-state index contributed by atoms with van der Waals surface area (Å²) in [5.74, 6) is -1.70. The van der Waals surface area contributed by atoms with E-state index in [0.29, 0.717) is 18.8 Å². The first-order valence-corrected chi connectivity index (χ1v) is 13.7. The number of benzene rings is 1. The van der Waals surface area contributed by atoms with Gasteiger partial charge in [0.2, 0.25) is 0 Å². The average Bonchev–Trinajstić information content (AvgIpc) is 3.35. The number of carbonyl (C=O) groups is 1. The van der Waals surface area contributed by atoms with Gasteiger partial charge in [0.15, 0.2) is 0 Å². The number of hydrogen-bond donors (Lipinski definition) is 1. The van der Waals surface area contributed by atoms with Crippen molar-refractivity contribution in [2.24, 2.45) is 5.92 Å². The van der Waals surface area contributed by atoms with Gasteiger partial charge in [-0.2, -0.15) is 9.19 Å². The molecule has 1 N–H and O–H groups in total.